The standard InChI is InChI=1S/C14H12N4O/c1-10-15-13-8-7-12(9-18(13)17-10)16-14(19)11-5-3-2-4-6-11/h2-9H,1H3,(H,16,19). The van der Waals surface area contributed by atoms with Crippen LogP contribution in [0.25, 0.3) is 5.65 Å². The van der Waals surface area contributed by atoms with Crippen LogP contribution in [0.3, 0.4) is 0 Å². The van der Waals surface area contributed by atoms with Gasteiger partial charge in [-0.3, -0.25) is 4.79 Å². The van der Waals surface area contributed by atoms with Gasteiger partial charge < -0.3 is 5.32 Å². The molecule has 3 rings (SSSR count). The Kier molecular flexibility index (Phi) is 2.72. The maximum Gasteiger partial charge on any atom is 0.255 e. The van der Waals surface area contributed by atoms with Crippen molar-refractivity contribution >= 4 is 17.2 Å². The highest BCUT2D eigenvalue weighted by molar-refractivity contribution is 6.04. The van der Waals surface area contributed by atoms with Crippen molar-refractivity contribution in [2.45, 2.75) is 6.92 Å². The van der Waals surface area contributed by atoms with Gasteiger partial charge in [0.2, 0.25) is 0 Å². The summed E-state index contributed by atoms with van der Waals surface area (Å²) < 4.78 is 1.65. The molecule has 0 spiro atoms. The normalized spacial score (nSPS) is 10.6. The number of nitrogens with one attached hydrogen (secondary N) is 1. The van der Waals surface area contributed by atoms with E-state index in [1.165, 1.54) is 0 Å². The number of hydrogen-bond acceptors (Lipinski definition) is 3. The first kappa shape index (κ1) is 11.4. The molecule has 0 bridgehead atoms. The summed E-state index contributed by atoms with van der Waals surface area (Å²) in [6.07, 6.45) is 1.75. The summed E-state index contributed by atoms with van der Waals surface area (Å²) in [6, 6.07) is 12.7. The van der Waals surface area contributed by atoms with Crippen LogP contribution in [-0.4, -0.2) is 20.5 Å². The fourth-order valence-electron chi connectivity index (χ4n) is 1.86. The van der Waals surface area contributed by atoms with E-state index in [4.69, 9.17) is 0 Å². The number of aryl methyl sites for hydroxylation is 1. The zero-order chi connectivity index (χ0) is 13.2. The third-order valence-electron chi connectivity index (χ3n) is 2.73. The largest absolute Gasteiger partial charge is 0.321 e. The molecule has 1 amide bonds. The van der Waals surface area contributed by atoms with Gasteiger partial charge in [-0.05, 0) is 31.2 Å². The zero-order valence-corrected chi connectivity index (χ0v) is 10.4. The van der Waals surface area contributed by atoms with Gasteiger partial charge in [0.05, 0.1) is 11.9 Å². The van der Waals surface area contributed by atoms with E-state index >= 15 is 0 Å². The monoisotopic (exact) mass is 252 g/mol. The summed E-state index contributed by atoms with van der Waals surface area (Å²) in [5.74, 6) is 0.559. The highest BCUT2D eigenvalue weighted by Gasteiger charge is 2.06. The van der Waals surface area contributed by atoms with Crippen LogP contribution < -0.4 is 5.32 Å². The summed E-state index contributed by atoms with van der Waals surface area (Å²) >= 11 is 0. The molecule has 1 aromatic carbocycles. The zero-order valence-electron chi connectivity index (χ0n) is 10.4. The lowest BCUT2D eigenvalue weighted by Gasteiger charge is -2.05. The molecule has 0 saturated carbocycles. The van der Waals surface area contributed by atoms with Crippen LogP contribution in [0.2, 0.25) is 0 Å². The number of nitrogens with zero attached hydrogens (tertiary/aromatic N) is 3. The number of anilines is 1. The fraction of sp³-hybridized carbons (Fsp3) is 0.0714. The lowest BCUT2D eigenvalue weighted by Crippen LogP contribution is -2.12. The van der Waals surface area contributed by atoms with E-state index in [0.29, 0.717) is 17.1 Å². The van der Waals surface area contributed by atoms with Crippen molar-refractivity contribution < 1.29 is 4.79 Å². The molecule has 0 saturated heterocycles. The summed E-state index contributed by atoms with van der Waals surface area (Å²) in [4.78, 5) is 16.2. The second-order valence-corrected chi connectivity index (χ2v) is 4.20. The summed E-state index contributed by atoms with van der Waals surface area (Å²) in [5.41, 5.74) is 2.07. The summed E-state index contributed by atoms with van der Waals surface area (Å²) in [5, 5.41) is 7.04. The molecule has 0 aliphatic heterocycles. The molecule has 5 nitrogen and oxygen atoms in total. The smallest absolute Gasteiger partial charge is 0.255 e. The average Bonchev–Trinajstić information content (AvgIpc) is 2.79. The minimum atomic E-state index is -0.142. The van der Waals surface area contributed by atoms with Crippen LogP contribution >= 0.6 is 0 Å². The van der Waals surface area contributed by atoms with E-state index in [-0.39, 0.29) is 5.91 Å². The number of fused-ring (bicyclic) bond motifs is 1. The highest BCUT2D eigenvalue weighted by Crippen LogP contribution is 2.11. The van der Waals surface area contributed by atoms with Gasteiger partial charge >= 0.3 is 0 Å². The number of aromatic nitrogens is 3. The van der Waals surface area contributed by atoms with E-state index in [1.54, 1.807) is 22.8 Å². The first-order valence-corrected chi connectivity index (χ1v) is 5.92. The van der Waals surface area contributed by atoms with Gasteiger partial charge in [-0.2, -0.15) is 5.10 Å². The Balaban J connectivity index is 1.87. The fourth-order valence-corrected chi connectivity index (χ4v) is 1.86. The Hall–Kier alpha value is -2.69. The summed E-state index contributed by atoms with van der Waals surface area (Å²) in [6.45, 7) is 1.83. The van der Waals surface area contributed by atoms with Crippen LogP contribution in [0, 0.1) is 6.92 Å². The van der Waals surface area contributed by atoms with Crippen molar-refractivity contribution in [2.24, 2.45) is 0 Å². The van der Waals surface area contributed by atoms with Crippen LogP contribution in [0.1, 0.15) is 16.2 Å². The third kappa shape index (κ3) is 2.30. The molecular formula is C14H12N4O. The van der Waals surface area contributed by atoms with Crippen molar-refractivity contribution in [3.05, 3.63) is 60.0 Å². The quantitative estimate of drug-likeness (QED) is 0.761. The molecular weight excluding hydrogens is 240 g/mol. The Morgan fingerprint density at radius 1 is 1.16 bits per heavy atom. The van der Waals surface area contributed by atoms with Gasteiger partial charge in [0.1, 0.15) is 5.82 Å². The number of amides is 1. The number of carbonyl (C=O) groups excluding carboxylic acids is 1. The Morgan fingerprint density at radius 3 is 2.74 bits per heavy atom. The maximum absolute atomic E-state index is 12.0. The lowest BCUT2D eigenvalue weighted by atomic mass is 10.2. The van der Waals surface area contributed by atoms with E-state index in [2.05, 4.69) is 15.4 Å². The van der Waals surface area contributed by atoms with Crippen LogP contribution in [-0.2, 0) is 0 Å². The highest BCUT2D eigenvalue weighted by atomic mass is 16.1. The van der Waals surface area contributed by atoms with Crippen LogP contribution in [0.15, 0.2) is 48.7 Å². The predicted octanol–water partition coefficient (Wildman–Crippen LogP) is 2.29. The Labute approximate surface area is 109 Å². The van der Waals surface area contributed by atoms with Gasteiger partial charge in [-0.15, -0.1) is 0 Å². The Bertz CT molecular complexity index is 734. The molecule has 0 radical (unpaired) electrons. The SMILES string of the molecule is Cc1nc2ccc(NC(=O)c3ccccc3)cn2n1. The number of pyridine rings is 1. The average molecular weight is 252 g/mol. The van der Waals surface area contributed by atoms with Gasteiger partial charge in [0.25, 0.3) is 5.91 Å². The topological polar surface area (TPSA) is 59.3 Å². The van der Waals surface area contributed by atoms with Crippen molar-refractivity contribution in [3.8, 4) is 0 Å². The van der Waals surface area contributed by atoms with Gasteiger partial charge in [0, 0.05) is 5.56 Å². The molecule has 2 aromatic heterocycles. The molecule has 0 aliphatic carbocycles. The number of carbonyl (C=O) groups is 1. The van der Waals surface area contributed by atoms with Crippen molar-refractivity contribution in [2.75, 3.05) is 5.32 Å². The Morgan fingerprint density at radius 2 is 1.95 bits per heavy atom. The molecule has 0 unspecified atom stereocenters. The van der Waals surface area contributed by atoms with Gasteiger partial charge in [-0.25, -0.2) is 9.50 Å². The molecule has 5 heteroatoms. The molecule has 0 aliphatic rings. The van der Waals surface area contributed by atoms with Crippen molar-refractivity contribution in [1.82, 2.24) is 14.6 Å². The van der Waals surface area contributed by atoms with Gasteiger partial charge in [-0.1, -0.05) is 18.2 Å². The third-order valence-corrected chi connectivity index (χ3v) is 2.73. The molecule has 19 heavy (non-hydrogen) atoms. The number of rotatable bonds is 2. The van der Waals surface area contributed by atoms with Crippen LogP contribution in [0.5, 0.6) is 0 Å². The van der Waals surface area contributed by atoms with Crippen LogP contribution in [0.4, 0.5) is 5.69 Å². The van der Waals surface area contributed by atoms with E-state index < -0.39 is 0 Å². The molecule has 0 fully saturated rings. The first-order valence-electron chi connectivity index (χ1n) is 5.92. The predicted molar refractivity (Wildman–Crippen MR) is 72.1 cm³/mol. The summed E-state index contributed by atoms with van der Waals surface area (Å²) in [7, 11) is 0. The second-order valence-electron chi connectivity index (χ2n) is 4.20. The minimum absolute atomic E-state index is 0.142. The van der Waals surface area contributed by atoms with E-state index in [9.17, 15) is 4.79 Å². The van der Waals surface area contributed by atoms with Crippen molar-refractivity contribution in [1.29, 1.82) is 0 Å². The molecule has 1 N–H and O–H groups in total. The molecule has 0 atom stereocenters. The van der Waals surface area contributed by atoms with E-state index in [1.807, 2.05) is 37.3 Å². The second kappa shape index (κ2) is 4.53. The van der Waals surface area contributed by atoms with Gasteiger partial charge in [0.15, 0.2) is 5.65 Å². The number of benzene rings is 1. The minimum Gasteiger partial charge on any atom is -0.321 e. The lowest BCUT2D eigenvalue weighted by molar-refractivity contribution is 0.102. The maximum atomic E-state index is 12.0. The van der Waals surface area contributed by atoms with Crippen molar-refractivity contribution in [3.63, 3.8) is 0 Å². The molecule has 2 heterocycles. The molecule has 3 aromatic rings. The number of hydrogen-bond donors (Lipinski definition) is 1. The first-order chi connectivity index (χ1) is 9.22. The van der Waals surface area contributed by atoms with E-state index in [0.717, 1.165) is 5.65 Å². The molecule has 94 valence electrons.